The minimum atomic E-state index is -0.579. The number of amides is 2. The lowest BCUT2D eigenvalue weighted by atomic mass is 9.98. The van der Waals surface area contributed by atoms with E-state index in [9.17, 15) is 9.59 Å². The highest BCUT2D eigenvalue weighted by atomic mass is 35.5. The summed E-state index contributed by atoms with van der Waals surface area (Å²) in [5.74, 6) is 0.329. The quantitative estimate of drug-likeness (QED) is 0.568. The molecule has 0 unspecified atom stereocenters. The monoisotopic (exact) mass is 470 g/mol. The van der Waals surface area contributed by atoms with Gasteiger partial charge >= 0.3 is 0 Å². The largest absolute Gasteiger partial charge is 0.481 e. The third kappa shape index (κ3) is 5.44. The van der Waals surface area contributed by atoms with Crippen LogP contribution in [-0.2, 0) is 4.79 Å². The minimum Gasteiger partial charge on any atom is -0.481 e. The van der Waals surface area contributed by atoms with Crippen LogP contribution in [0.4, 0.5) is 5.69 Å². The van der Waals surface area contributed by atoms with Crippen LogP contribution in [0.25, 0.3) is 0 Å². The number of halogens is 1. The van der Waals surface area contributed by atoms with Gasteiger partial charge in [-0.05, 0) is 50.1 Å². The fourth-order valence-corrected chi connectivity index (χ4v) is 4.69. The van der Waals surface area contributed by atoms with E-state index >= 15 is 0 Å². The Bertz CT molecular complexity index is 1090. The summed E-state index contributed by atoms with van der Waals surface area (Å²) in [4.78, 5) is 27.3. The fourth-order valence-electron chi connectivity index (χ4n) is 3.63. The number of carbonyl (C=O) groups excluding carboxylic acids is 2. The molecule has 1 saturated heterocycles. The van der Waals surface area contributed by atoms with Crippen LogP contribution >= 0.6 is 22.9 Å². The average Bonchev–Trinajstić information content (AvgIpc) is 3.30. The summed E-state index contributed by atoms with van der Waals surface area (Å²) >= 11 is 7.23. The normalized spacial score (nSPS) is 16.9. The Kier molecular flexibility index (Phi) is 7.02. The van der Waals surface area contributed by atoms with Gasteiger partial charge in [-0.3, -0.25) is 9.59 Å². The molecule has 0 saturated carbocycles. The molecular weight excluding hydrogens is 448 g/mol. The predicted molar refractivity (Wildman–Crippen MR) is 124 cm³/mol. The number of benzene rings is 2. The zero-order valence-electron chi connectivity index (χ0n) is 17.5. The standard InChI is InChI=1S/C23H23ClN4O3S/c1-15(31-19-10-3-2-4-11-19)23(30)28-12-6-7-16(14-28)21-26-27-22(32-21)20(29)25-18-9-5-8-17(24)13-18/h2-5,8-11,13,15-16H,6-7,12,14H2,1H3,(H,25,29)/t15-,16-/m0/s1. The number of aromatic nitrogens is 2. The number of ether oxygens (including phenoxy) is 1. The first-order chi connectivity index (χ1) is 15.5. The third-order valence-corrected chi connectivity index (χ3v) is 6.52. The molecule has 0 radical (unpaired) electrons. The lowest BCUT2D eigenvalue weighted by Gasteiger charge is -2.33. The maximum atomic E-state index is 12.9. The van der Waals surface area contributed by atoms with Gasteiger partial charge in [-0.15, -0.1) is 10.2 Å². The average molecular weight is 471 g/mol. The first-order valence-corrected chi connectivity index (χ1v) is 11.6. The summed E-state index contributed by atoms with van der Waals surface area (Å²) < 4.78 is 5.79. The van der Waals surface area contributed by atoms with E-state index in [0.717, 1.165) is 17.8 Å². The van der Waals surface area contributed by atoms with E-state index in [4.69, 9.17) is 16.3 Å². The molecule has 7 nitrogen and oxygen atoms in total. The van der Waals surface area contributed by atoms with E-state index in [1.807, 2.05) is 35.2 Å². The minimum absolute atomic E-state index is 0.0434. The van der Waals surface area contributed by atoms with Crippen molar-refractivity contribution in [1.29, 1.82) is 0 Å². The fraction of sp³-hybridized carbons (Fsp3) is 0.304. The Hall–Kier alpha value is -2.97. The molecule has 3 aromatic rings. The van der Waals surface area contributed by atoms with Crippen LogP contribution in [0.2, 0.25) is 5.02 Å². The molecule has 32 heavy (non-hydrogen) atoms. The highest BCUT2D eigenvalue weighted by Gasteiger charge is 2.30. The SMILES string of the molecule is C[C@H](Oc1ccccc1)C(=O)N1CCC[C@H](c2nnc(C(=O)Nc3cccc(Cl)c3)s2)C1. The Morgan fingerprint density at radius 3 is 2.78 bits per heavy atom. The second-order valence-corrected chi connectivity index (χ2v) is 9.05. The summed E-state index contributed by atoms with van der Waals surface area (Å²) in [6, 6.07) is 16.2. The van der Waals surface area contributed by atoms with Crippen molar-refractivity contribution < 1.29 is 14.3 Å². The molecule has 1 aromatic heterocycles. The maximum Gasteiger partial charge on any atom is 0.286 e. The van der Waals surface area contributed by atoms with Crippen LogP contribution in [0.3, 0.4) is 0 Å². The first kappa shape index (κ1) is 22.2. The van der Waals surface area contributed by atoms with Gasteiger partial charge in [0.15, 0.2) is 6.10 Å². The van der Waals surface area contributed by atoms with Crippen molar-refractivity contribution >= 4 is 40.4 Å². The number of carbonyl (C=O) groups is 2. The smallest absolute Gasteiger partial charge is 0.286 e. The summed E-state index contributed by atoms with van der Waals surface area (Å²) in [5, 5.41) is 12.7. The van der Waals surface area contributed by atoms with Gasteiger partial charge in [0.1, 0.15) is 10.8 Å². The zero-order chi connectivity index (χ0) is 22.5. The highest BCUT2D eigenvalue weighted by Crippen LogP contribution is 2.30. The molecule has 2 atom stereocenters. The molecule has 1 aliphatic heterocycles. The second-order valence-electron chi connectivity index (χ2n) is 7.61. The molecule has 1 aliphatic rings. The molecule has 9 heteroatoms. The van der Waals surface area contributed by atoms with Crippen molar-refractivity contribution in [2.24, 2.45) is 0 Å². The van der Waals surface area contributed by atoms with Crippen molar-refractivity contribution in [3.63, 3.8) is 0 Å². The summed E-state index contributed by atoms with van der Waals surface area (Å²) in [7, 11) is 0. The lowest BCUT2D eigenvalue weighted by molar-refractivity contribution is -0.139. The van der Waals surface area contributed by atoms with Gasteiger partial charge in [-0.1, -0.05) is 47.2 Å². The molecule has 1 fully saturated rings. The van der Waals surface area contributed by atoms with E-state index in [1.54, 1.807) is 31.2 Å². The molecule has 2 amide bonds. The second kappa shape index (κ2) is 10.1. The number of likely N-dealkylation sites (tertiary alicyclic amines) is 1. The number of hydrogen-bond donors (Lipinski definition) is 1. The van der Waals surface area contributed by atoms with Crippen LogP contribution in [0.5, 0.6) is 5.75 Å². The van der Waals surface area contributed by atoms with Crippen LogP contribution in [0.1, 0.15) is 40.5 Å². The van der Waals surface area contributed by atoms with Crippen molar-refractivity contribution in [2.75, 3.05) is 18.4 Å². The topological polar surface area (TPSA) is 84.4 Å². The Morgan fingerprint density at radius 2 is 2.00 bits per heavy atom. The molecule has 1 N–H and O–H groups in total. The molecule has 0 spiro atoms. The van der Waals surface area contributed by atoms with Crippen molar-refractivity contribution in [3.8, 4) is 5.75 Å². The number of rotatable bonds is 6. The Balaban J connectivity index is 1.37. The molecule has 2 heterocycles. The highest BCUT2D eigenvalue weighted by molar-refractivity contribution is 7.13. The van der Waals surface area contributed by atoms with Crippen molar-refractivity contribution in [1.82, 2.24) is 15.1 Å². The van der Waals surface area contributed by atoms with Crippen LogP contribution in [0, 0.1) is 0 Å². The van der Waals surface area contributed by atoms with Gasteiger partial charge in [0.25, 0.3) is 11.8 Å². The maximum absolute atomic E-state index is 12.9. The third-order valence-electron chi connectivity index (χ3n) is 5.20. The lowest BCUT2D eigenvalue weighted by Crippen LogP contribution is -2.45. The first-order valence-electron chi connectivity index (χ1n) is 10.4. The molecule has 0 bridgehead atoms. The number of para-hydroxylation sites is 1. The molecule has 166 valence electrons. The van der Waals surface area contributed by atoms with E-state index in [2.05, 4.69) is 15.5 Å². The van der Waals surface area contributed by atoms with Gasteiger partial charge in [0.05, 0.1) is 0 Å². The molecule has 0 aliphatic carbocycles. The van der Waals surface area contributed by atoms with Crippen LogP contribution in [-0.4, -0.2) is 46.1 Å². The Labute approximate surface area is 195 Å². The van der Waals surface area contributed by atoms with E-state index < -0.39 is 6.10 Å². The molecule has 4 rings (SSSR count). The summed E-state index contributed by atoms with van der Waals surface area (Å²) in [5.41, 5.74) is 0.598. The van der Waals surface area contributed by atoms with Crippen LogP contribution in [0.15, 0.2) is 54.6 Å². The van der Waals surface area contributed by atoms with E-state index in [0.29, 0.717) is 29.5 Å². The predicted octanol–water partition coefficient (Wildman–Crippen LogP) is 4.62. The molecular formula is C23H23ClN4O3S. The number of anilines is 1. The number of nitrogens with one attached hydrogen (secondary N) is 1. The number of nitrogens with zero attached hydrogens (tertiary/aromatic N) is 3. The van der Waals surface area contributed by atoms with Crippen molar-refractivity contribution in [3.05, 3.63) is 69.6 Å². The molecule has 2 aromatic carbocycles. The summed E-state index contributed by atoms with van der Waals surface area (Å²) in [6.07, 6.45) is 1.17. The van der Waals surface area contributed by atoms with Gasteiger partial charge in [-0.2, -0.15) is 0 Å². The number of hydrogen-bond acceptors (Lipinski definition) is 6. The van der Waals surface area contributed by atoms with E-state index in [1.165, 1.54) is 11.3 Å². The number of piperidine rings is 1. The van der Waals surface area contributed by atoms with Gasteiger partial charge in [0.2, 0.25) is 5.01 Å². The van der Waals surface area contributed by atoms with Gasteiger partial charge in [-0.25, -0.2) is 0 Å². The zero-order valence-corrected chi connectivity index (χ0v) is 19.1. The van der Waals surface area contributed by atoms with Crippen molar-refractivity contribution in [2.45, 2.75) is 31.8 Å². The van der Waals surface area contributed by atoms with Gasteiger partial charge in [0, 0.05) is 29.7 Å². The van der Waals surface area contributed by atoms with Gasteiger partial charge < -0.3 is 15.0 Å². The van der Waals surface area contributed by atoms with Crippen LogP contribution < -0.4 is 10.1 Å². The van der Waals surface area contributed by atoms with E-state index in [-0.39, 0.29) is 22.7 Å². The Morgan fingerprint density at radius 1 is 1.19 bits per heavy atom. The summed E-state index contributed by atoms with van der Waals surface area (Å²) in [6.45, 7) is 2.98.